The third-order valence-corrected chi connectivity index (χ3v) is 9.63. The molecule has 10 heteroatoms. The van der Waals surface area contributed by atoms with Crippen LogP contribution in [0, 0.1) is 19.8 Å². The molecule has 0 saturated carbocycles. The standard InChI is InChI=1S/C29H24N4O4S2/c1-16-5-9-19(10-6-16)31-21(34)15-32-28-25(39-29(32)37)22(18-4-3-13-30-14-18)23-24(38-28)27(36)33(26(23)35)20-11-7-17(2)8-12-20/h3-14,22-24H,15H2,1-2H3,(H,31,34)/t22-,23-,24+/m0/s1. The van der Waals surface area contributed by atoms with Crippen LogP contribution in [-0.4, -0.2) is 32.5 Å². The van der Waals surface area contributed by atoms with Gasteiger partial charge in [0.05, 0.1) is 16.6 Å². The molecule has 2 aromatic carbocycles. The summed E-state index contributed by atoms with van der Waals surface area (Å²) in [7, 11) is 0. The van der Waals surface area contributed by atoms with Gasteiger partial charge >= 0.3 is 4.87 Å². The summed E-state index contributed by atoms with van der Waals surface area (Å²) in [4.78, 5) is 59.6. The molecule has 196 valence electrons. The van der Waals surface area contributed by atoms with E-state index in [1.54, 1.807) is 42.7 Å². The fraction of sp³-hybridized carbons (Fsp3) is 0.207. The molecule has 8 nitrogen and oxygen atoms in total. The van der Waals surface area contributed by atoms with E-state index >= 15 is 0 Å². The lowest BCUT2D eigenvalue weighted by Gasteiger charge is -2.30. The van der Waals surface area contributed by atoms with Crippen LogP contribution in [0.4, 0.5) is 11.4 Å². The number of aryl methyl sites for hydroxylation is 2. The number of thioether (sulfide) groups is 1. The second kappa shape index (κ2) is 9.94. The van der Waals surface area contributed by atoms with Gasteiger partial charge in [-0.1, -0.05) is 64.6 Å². The van der Waals surface area contributed by atoms with Gasteiger partial charge in [-0.15, -0.1) is 0 Å². The van der Waals surface area contributed by atoms with Crippen molar-refractivity contribution in [2.75, 3.05) is 10.2 Å². The molecule has 39 heavy (non-hydrogen) atoms. The Labute approximate surface area is 232 Å². The molecule has 1 saturated heterocycles. The Hall–Kier alpha value is -4.02. The lowest BCUT2D eigenvalue weighted by atomic mass is 9.84. The number of nitrogens with zero attached hydrogens (tertiary/aromatic N) is 3. The van der Waals surface area contributed by atoms with Crippen LogP contribution >= 0.6 is 23.1 Å². The zero-order valence-electron chi connectivity index (χ0n) is 21.2. The molecule has 1 N–H and O–H groups in total. The number of fused-ring (bicyclic) bond motifs is 2. The van der Waals surface area contributed by atoms with Gasteiger partial charge in [0.15, 0.2) is 0 Å². The lowest BCUT2D eigenvalue weighted by Crippen LogP contribution is -2.33. The maximum atomic E-state index is 13.9. The average Bonchev–Trinajstić information content (AvgIpc) is 3.37. The second-order valence-electron chi connectivity index (χ2n) is 9.71. The average molecular weight is 557 g/mol. The number of carbonyl (C=O) groups excluding carboxylic acids is 3. The quantitative estimate of drug-likeness (QED) is 0.367. The predicted octanol–water partition coefficient (Wildman–Crippen LogP) is 4.36. The number of hydrogen-bond acceptors (Lipinski definition) is 7. The first-order chi connectivity index (χ1) is 18.8. The van der Waals surface area contributed by atoms with Crippen molar-refractivity contribution in [1.82, 2.24) is 9.55 Å². The number of amides is 3. The molecular weight excluding hydrogens is 532 g/mol. The number of imide groups is 1. The summed E-state index contributed by atoms with van der Waals surface area (Å²) in [6.07, 6.45) is 3.31. The number of hydrogen-bond donors (Lipinski definition) is 1. The van der Waals surface area contributed by atoms with E-state index in [1.165, 1.54) is 21.2 Å². The van der Waals surface area contributed by atoms with Crippen LogP contribution in [0.5, 0.6) is 0 Å². The summed E-state index contributed by atoms with van der Waals surface area (Å²) in [5.74, 6) is -2.21. The first-order valence-corrected chi connectivity index (χ1v) is 14.1. The summed E-state index contributed by atoms with van der Waals surface area (Å²) in [6, 6.07) is 18.3. The smallest absolute Gasteiger partial charge is 0.308 e. The highest BCUT2D eigenvalue weighted by atomic mass is 32.2. The van der Waals surface area contributed by atoms with Gasteiger partial charge in [-0.25, -0.2) is 4.90 Å². The molecule has 0 radical (unpaired) electrons. The normalized spacial score (nSPS) is 20.1. The van der Waals surface area contributed by atoms with Gasteiger partial charge in [-0.2, -0.15) is 0 Å². The van der Waals surface area contributed by atoms with Crippen LogP contribution < -0.4 is 15.1 Å². The Morgan fingerprint density at radius 2 is 1.64 bits per heavy atom. The Bertz CT molecular complexity index is 1650. The van der Waals surface area contributed by atoms with Gasteiger partial charge in [0.2, 0.25) is 17.7 Å². The molecule has 2 aliphatic heterocycles. The van der Waals surface area contributed by atoms with Crippen molar-refractivity contribution in [3.05, 3.63) is 104 Å². The van der Waals surface area contributed by atoms with E-state index in [2.05, 4.69) is 10.3 Å². The molecule has 0 unspecified atom stereocenters. The highest BCUT2D eigenvalue weighted by molar-refractivity contribution is 8.00. The Kier molecular flexibility index (Phi) is 6.44. The summed E-state index contributed by atoms with van der Waals surface area (Å²) in [6.45, 7) is 3.70. The zero-order chi connectivity index (χ0) is 27.3. The molecular formula is C29H24N4O4S2. The first kappa shape index (κ1) is 25.3. The van der Waals surface area contributed by atoms with E-state index in [4.69, 9.17) is 0 Å². The van der Waals surface area contributed by atoms with Crippen molar-refractivity contribution in [2.24, 2.45) is 5.92 Å². The van der Waals surface area contributed by atoms with Crippen molar-refractivity contribution in [2.45, 2.75) is 36.6 Å². The molecule has 2 aromatic heterocycles. The topological polar surface area (TPSA) is 101 Å². The van der Waals surface area contributed by atoms with Crippen LogP contribution in [-0.2, 0) is 20.9 Å². The van der Waals surface area contributed by atoms with Crippen LogP contribution in [0.1, 0.15) is 27.5 Å². The van der Waals surface area contributed by atoms with E-state index in [0.29, 0.717) is 21.3 Å². The molecule has 1 fully saturated rings. The van der Waals surface area contributed by atoms with E-state index < -0.39 is 17.1 Å². The maximum absolute atomic E-state index is 13.9. The van der Waals surface area contributed by atoms with Crippen molar-refractivity contribution in [1.29, 1.82) is 0 Å². The third kappa shape index (κ3) is 4.49. The Balaban J connectivity index is 1.39. The number of benzene rings is 2. The third-order valence-electron chi connectivity index (χ3n) is 7.02. The minimum absolute atomic E-state index is 0.202. The minimum Gasteiger partial charge on any atom is -0.325 e. The van der Waals surface area contributed by atoms with Gasteiger partial charge < -0.3 is 5.32 Å². The summed E-state index contributed by atoms with van der Waals surface area (Å²) in [5, 5.41) is 2.65. The molecule has 4 aromatic rings. The lowest BCUT2D eigenvalue weighted by molar-refractivity contribution is -0.122. The zero-order valence-corrected chi connectivity index (χ0v) is 22.8. The molecule has 0 spiro atoms. The first-order valence-electron chi connectivity index (χ1n) is 12.4. The van der Waals surface area contributed by atoms with Gasteiger partial charge in [0.25, 0.3) is 0 Å². The van der Waals surface area contributed by atoms with Gasteiger partial charge in [0.1, 0.15) is 11.8 Å². The molecule has 3 atom stereocenters. The predicted molar refractivity (Wildman–Crippen MR) is 151 cm³/mol. The fourth-order valence-electron chi connectivity index (χ4n) is 5.10. The largest absolute Gasteiger partial charge is 0.325 e. The number of thiazole rings is 1. The maximum Gasteiger partial charge on any atom is 0.308 e. The molecule has 6 rings (SSSR count). The van der Waals surface area contributed by atoms with Crippen molar-refractivity contribution in [3.63, 3.8) is 0 Å². The summed E-state index contributed by atoms with van der Waals surface area (Å²) in [5.41, 5.74) is 3.99. The Morgan fingerprint density at radius 1 is 0.949 bits per heavy atom. The van der Waals surface area contributed by atoms with Crippen LogP contribution in [0.15, 0.2) is 82.9 Å². The molecule has 4 heterocycles. The van der Waals surface area contributed by atoms with Crippen LogP contribution in [0.3, 0.4) is 0 Å². The number of nitrogens with one attached hydrogen (secondary N) is 1. The highest BCUT2D eigenvalue weighted by Gasteiger charge is 2.56. The summed E-state index contributed by atoms with van der Waals surface area (Å²) < 4.78 is 1.42. The fourth-order valence-corrected chi connectivity index (χ4v) is 7.88. The van der Waals surface area contributed by atoms with Gasteiger partial charge in [-0.3, -0.25) is 28.7 Å². The van der Waals surface area contributed by atoms with E-state index in [-0.39, 0.29) is 29.1 Å². The summed E-state index contributed by atoms with van der Waals surface area (Å²) >= 11 is 2.22. The molecule has 3 amide bonds. The van der Waals surface area contributed by atoms with E-state index in [9.17, 15) is 19.2 Å². The molecule has 0 bridgehead atoms. The monoisotopic (exact) mass is 556 g/mol. The van der Waals surface area contributed by atoms with Crippen LogP contribution in [0.2, 0.25) is 0 Å². The van der Waals surface area contributed by atoms with Crippen molar-refractivity contribution in [3.8, 4) is 0 Å². The van der Waals surface area contributed by atoms with Crippen LogP contribution in [0.25, 0.3) is 0 Å². The number of anilines is 2. The number of pyridine rings is 1. The van der Waals surface area contributed by atoms with Gasteiger partial charge in [0, 0.05) is 28.9 Å². The van der Waals surface area contributed by atoms with E-state index in [0.717, 1.165) is 28.0 Å². The Morgan fingerprint density at radius 3 is 2.31 bits per heavy atom. The highest BCUT2D eigenvalue weighted by Crippen LogP contribution is 2.53. The SMILES string of the molecule is Cc1ccc(NC(=O)Cn2c3c(sc2=O)[C@@H](c2cccnc2)[C@@H]2C(=O)N(c4ccc(C)cc4)C(=O)[C@@H]2S3)cc1. The van der Waals surface area contributed by atoms with E-state index in [1.807, 2.05) is 44.2 Å². The molecule has 0 aliphatic carbocycles. The number of aromatic nitrogens is 2. The number of carbonyl (C=O) groups is 3. The van der Waals surface area contributed by atoms with Gasteiger partial charge in [-0.05, 0) is 49.7 Å². The number of rotatable bonds is 5. The van der Waals surface area contributed by atoms with Crippen molar-refractivity contribution >= 4 is 52.2 Å². The molecule has 2 aliphatic rings. The second-order valence-corrected chi connectivity index (χ2v) is 11.8. The van der Waals surface area contributed by atoms with Crippen molar-refractivity contribution < 1.29 is 14.4 Å². The minimum atomic E-state index is -0.739.